The van der Waals surface area contributed by atoms with Crippen molar-refractivity contribution in [1.82, 2.24) is 0 Å². The van der Waals surface area contributed by atoms with E-state index in [1.54, 1.807) is 30.0 Å². The average molecular weight is 325 g/mol. The van der Waals surface area contributed by atoms with Crippen LogP contribution in [0.1, 0.15) is 21.5 Å². The third-order valence-electron chi connectivity index (χ3n) is 2.82. The predicted octanol–water partition coefficient (Wildman–Crippen LogP) is 5.42. The second kappa shape index (κ2) is 7.16. The van der Waals surface area contributed by atoms with Crippen LogP contribution in [0.5, 0.6) is 0 Å². The summed E-state index contributed by atoms with van der Waals surface area (Å²) in [7, 11) is 0. The minimum absolute atomic E-state index is 0.0318. The fourth-order valence-corrected chi connectivity index (χ4v) is 3.23. The van der Waals surface area contributed by atoms with E-state index in [-0.39, 0.29) is 5.78 Å². The third kappa shape index (κ3) is 4.27. The van der Waals surface area contributed by atoms with Crippen LogP contribution in [0.2, 0.25) is 10.0 Å². The Morgan fingerprint density at radius 2 is 1.95 bits per heavy atom. The fraction of sp³-hybridized carbons (Fsp3) is 0.188. The summed E-state index contributed by atoms with van der Waals surface area (Å²) in [4.78, 5) is 12.1. The van der Waals surface area contributed by atoms with Gasteiger partial charge in [-0.3, -0.25) is 4.79 Å². The van der Waals surface area contributed by atoms with Crippen molar-refractivity contribution in [3.8, 4) is 0 Å². The highest BCUT2D eigenvalue weighted by Crippen LogP contribution is 2.23. The molecule has 0 heterocycles. The van der Waals surface area contributed by atoms with Gasteiger partial charge in [-0.15, -0.1) is 11.8 Å². The fourth-order valence-electron chi connectivity index (χ4n) is 1.86. The molecule has 1 nitrogen and oxygen atoms in total. The number of thioether (sulfide) groups is 1. The highest BCUT2D eigenvalue weighted by Gasteiger charge is 2.10. The minimum Gasteiger partial charge on any atom is -0.293 e. The molecule has 0 aliphatic rings. The molecule has 0 bridgehead atoms. The topological polar surface area (TPSA) is 17.1 Å². The number of aryl methyl sites for hydroxylation is 1. The van der Waals surface area contributed by atoms with Crippen LogP contribution < -0.4 is 0 Å². The molecule has 4 heteroatoms. The smallest absolute Gasteiger partial charge is 0.174 e. The van der Waals surface area contributed by atoms with Gasteiger partial charge in [-0.25, -0.2) is 0 Å². The highest BCUT2D eigenvalue weighted by molar-refractivity contribution is 7.99. The summed E-state index contributed by atoms with van der Waals surface area (Å²) in [6, 6.07) is 13.3. The van der Waals surface area contributed by atoms with Crippen molar-refractivity contribution in [3.05, 3.63) is 69.2 Å². The van der Waals surface area contributed by atoms with E-state index in [1.807, 2.05) is 6.07 Å². The second-order valence-corrected chi connectivity index (χ2v) is 6.36. The summed E-state index contributed by atoms with van der Waals surface area (Å²) >= 11 is 13.4. The lowest BCUT2D eigenvalue weighted by atomic mass is 10.1. The van der Waals surface area contributed by atoms with E-state index in [0.717, 1.165) is 5.75 Å². The molecular formula is C16H14Cl2OS. The summed E-state index contributed by atoms with van der Waals surface area (Å²) in [6.07, 6.45) is 0. The number of benzene rings is 2. The highest BCUT2D eigenvalue weighted by atomic mass is 35.5. The number of carbonyl (C=O) groups is 1. The maximum absolute atomic E-state index is 12.1. The van der Waals surface area contributed by atoms with Crippen LogP contribution in [0.3, 0.4) is 0 Å². The van der Waals surface area contributed by atoms with E-state index in [9.17, 15) is 4.79 Å². The number of halogens is 2. The van der Waals surface area contributed by atoms with Gasteiger partial charge in [0.05, 0.1) is 10.8 Å². The minimum atomic E-state index is 0.0318. The molecule has 0 saturated carbocycles. The van der Waals surface area contributed by atoms with Gasteiger partial charge in [0.25, 0.3) is 0 Å². The predicted molar refractivity (Wildman–Crippen MR) is 88.1 cm³/mol. The van der Waals surface area contributed by atoms with Gasteiger partial charge in [0.1, 0.15) is 0 Å². The van der Waals surface area contributed by atoms with Gasteiger partial charge >= 0.3 is 0 Å². The molecular weight excluding hydrogens is 311 g/mol. The first kappa shape index (κ1) is 15.4. The Kier molecular flexibility index (Phi) is 5.53. The summed E-state index contributed by atoms with van der Waals surface area (Å²) < 4.78 is 0. The van der Waals surface area contributed by atoms with Gasteiger partial charge in [0, 0.05) is 16.3 Å². The van der Waals surface area contributed by atoms with Gasteiger partial charge in [-0.05, 0) is 30.7 Å². The van der Waals surface area contributed by atoms with Crippen molar-refractivity contribution in [2.45, 2.75) is 12.7 Å². The largest absolute Gasteiger partial charge is 0.293 e. The number of Topliss-reactive ketones (excluding diaryl/α,β-unsaturated/α-hetero) is 1. The van der Waals surface area contributed by atoms with Crippen LogP contribution in [-0.2, 0) is 5.75 Å². The van der Waals surface area contributed by atoms with Crippen molar-refractivity contribution in [3.63, 3.8) is 0 Å². The molecule has 0 saturated heterocycles. The van der Waals surface area contributed by atoms with Crippen LogP contribution in [0.4, 0.5) is 0 Å². The average Bonchev–Trinajstić information content (AvgIpc) is 2.38. The quantitative estimate of drug-likeness (QED) is 0.683. The lowest BCUT2D eigenvalue weighted by molar-refractivity contribution is 0.102. The molecule has 0 radical (unpaired) electrons. The summed E-state index contributed by atoms with van der Waals surface area (Å²) in [5.74, 6) is 1.26. The molecule has 0 aliphatic heterocycles. The molecule has 0 aromatic heterocycles. The van der Waals surface area contributed by atoms with Crippen LogP contribution in [-0.4, -0.2) is 11.5 Å². The molecule has 0 atom stereocenters. The second-order valence-electron chi connectivity index (χ2n) is 4.53. The molecule has 0 amide bonds. The van der Waals surface area contributed by atoms with E-state index >= 15 is 0 Å². The molecule has 0 aliphatic carbocycles. The molecule has 2 aromatic rings. The van der Waals surface area contributed by atoms with Gasteiger partial charge < -0.3 is 0 Å². The Morgan fingerprint density at radius 1 is 1.15 bits per heavy atom. The maximum Gasteiger partial charge on any atom is 0.174 e. The van der Waals surface area contributed by atoms with E-state index in [2.05, 4.69) is 25.1 Å². The third-order valence-corrected chi connectivity index (χ3v) is 4.37. The molecule has 2 aromatic carbocycles. The standard InChI is InChI=1S/C16H14Cl2OS/c1-11-3-2-4-12(7-11)9-20-10-16(19)14-6-5-13(17)8-15(14)18/h2-8H,9-10H2,1H3. The number of ketones is 1. The monoisotopic (exact) mass is 324 g/mol. The number of hydrogen-bond donors (Lipinski definition) is 0. The van der Waals surface area contributed by atoms with Gasteiger partial charge in [-0.2, -0.15) is 0 Å². The van der Waals surface area contributed by atoms with Crippen LogP contribution in [0.25, 0.3) is 0 Å². The van der Waals surface area contributed by atoms with Crippen LogP contribution in [0, 0.1) is 6.92 Å². The van der Waals surface area contributed by atoms with E-state index in [1.165, 1.54) is 11.1 Å². The van der Waals surface area contributed by atoms with Crippen LogP contribution >= 0.6 is 35.0 Å². The Hall–Kier alpha value is -0.960. The Labute approximate surface area is 133 Å². The zero-order valence-corrected chi connectivity index (χ0v) is 13.4. The van der Waals surface area contributed by atoms with Crippen molar-refractivity contribution in [2.75, 3.05) is 5.75 Å². The normalized spacial score (nSPS) is 10.6. The van der Waals surface area contributed by atoms with Crippen LogP contribution in [0.15, 0.2) is 42.5 Å². The number of hydrogen-bond acceptors (Lipinski definition) is 2. The maximum atomic E-state index is 12.1. The molecule has 20 heavy (non-hydrogen) atoms. The Morgan fingerprint density at radius 3 is 2.65 bits per heavy atom. The Bertz CT molecular complexity index is 626. The summed E-state index contributed by atoms with van der Waals surface area (Å²) in [5, 5.41) is 0.956. The molecule has 0 spiro atoms. The lowest BCUT2D eigenvalue weighted by Gasteiger charge is -2.05. The Balaban J connectivity index is 1.92. The van der Waals surface area contributed by atoms with Gasteiger partial charge in [0.15, 0.2) is 5.78 Å². The SMILES string of the molecule is Cc1cccc(CSCC(=O)c2ccc(Cl)cc2Cl)c1. The molecule has 0 fully saturated rings. The van der Waals surface area contributed by atoms with Gasteiger partial charge in [-0.1, -0.05) is 53.0 Å². The lowest BCUT2D eigenvalue weighted by Crippen LogP contribution is -2.03. The summed E-state index contributed by atoms with van der Waals surface area (Å²) in [5.41, 5.74) is 2.99. The van der Waals surface area contributed by atoms with Crippen molar-refractivity contribution < 1.29 is 4.79 Å². The zero-order valence-electron chi connectivity index (χ0n) is 11.0. The van der Waals surface area contributed by atoms with Crippen molar-refractivity contribution >= 4 is 40.7 Å². The first-order chi connectivity index (χ1) is 9.56. The van der Waals surface area contributed by atoms with Gasteiger partial charge in [0.2, 0.25) is 0 Å². The first-order valence-electron chi connectivity index (χ1n) is 6.18. The molecule has 0 unspecified atom stereocenters. The summed E-state index contributed by atoms with van der Waals surface area (Å²) in [6.45, 7) is 2.06. The van der Waals surface area contributed by atoms with Crippen molar-refractivity contribution in [2.24, 2.45) is 0 Å². The first-order valence-corrected chi connectivity index (χ1v) is 8.09. The molecule has 104 valence electrons. The number of rotatable bonds is 5. The zero-order chi connectivity index (χ0) is 14.5. The van der Waals surface area contributed by atoms with E-state index < -0.39 is 0 Å². The molecule has 0 N–H and O–H groups in total. The van der Waals surface area contributed by atoms with Crippen molar-refractivity contribution in [1.29, 1.82) is 0 Å². The molecule has 2 rings (SSSR count). The number of carbonyl (C=O) groups excluding carboxylic acids is 1. The van der Waals surface area contributed by atoms with E-state index in [4.69, 9.17) is 23.2 Å². The van der Waals surface area contributed by atoms with E-state index in [0.29, 0.717) is 21.4 Å².